The average molecular weight is 315 g/mol. The molecule has 0 fully saturated rings. The molecule has 2 aromatic carbocycles. The van der Waals surface area contributed by atoms with Gasteiger partial charge in [-0.25, -0.2) is 9.38 Å². The normalized spacial score (nSPS) is 11.3. The van der Waals surface area contributed by atoms with Crippen LogP contribution in [-0.4, -0.2) is 29.6 Å². The van der Waals surface area contributed by atoms with E-state index in [-0.39, 0.29) is 5.75 Å². The highest BCUT2D eigenvalue weighted by atomic mass is 19.1. The summed E-state index contributed by atoms with van der Waals surface area (Å²) in [5, 5.41) is 12.5. The van der Waals surface area contributed by atoms with Gasteiger partial charge in [-0.2, -0.15) is 0 Å². The largest absolute Gasteiger partial charge is 0.505 e. The van der Waals surface area contributed by atoms with Crippen molar-refractivity contribution in [1.82, 2.24) is 10.2 Å². The van der Waals surface area contributed by atoms with Gasteiger partial charge in [0.05, 0.1) is 6.54 Å². The SMILES string of the molecule is CCNC(=NCc1ccc(O)c(F)c1)N(C)Cc1ccccc1. The van der Waals surface area contributed by atoms with Crippen LogP contribution in [0.2, 0.25) is 0 Å². The Morgan fingerprint density at radius 2 is 1.91 bits per heavy atom. The van der Waals surface area contributed by atoms with Crippen LogP contribution in [0.15, 0.2) is 53.5 Å². The molecule has 0 atom stereocenters. The predicted octanol–water partition coefficient (Wildman–Crippen LogP) is 3.13. The molecule has 2 N–H and O–H groups in total. The molecule has 2 rings (SSSR count). The minimum Gasteiger partial charge on any atom is -0.505 e. The second kappa shape index (κ2) is 8.17. The second-order valence-electron chi connectivity index (χ2n) is 5.30. The lowest BCUT2D eigenvalue weighted by molar-refractivity contribution is 0.432. The monoisotopic (exact) mass is 315 g/mol. The van der Waals surface area contributed by atoms with Crippen molar-refractivity contribution in [2.24, 2.45) is 4.99 Å². The van der Waals surface area contributed by atoms with E-state index in [2.05, 4.69) is 22.4 Å². The van der Waals surface area contributed by atoms with Gasteiger partial charge < -0.3 is 15.3 Å². The van der Waals surface area contributed by atoms with E-state index in [1.807, 2.05) is 37.1 Å². The van der Waals surface area contributed by atoms with Crippen LogP contribution in [0.5, 0.6) is 5.75 Å². The molecule has 0 radical (unpaired) electrons. The van der Waals surface area contributed by atoms with E-state index in [9.17, 15) is 9.50 Å². The van der Waals surface area contributed by atoms with Gasteiger partial charge in [0.2, 0.25) is 0 Å². The van der Waals surface area contributed by atoms with Crippen molar-refractivity contribution in [2.45, 2.75) is 20.0 Å². The van der Waals surface area contributed by atoms with E-state index in [1.54, 1.807) is 6.07 Å². The molecule has 0 aromatic heterocycles. The minimum atomic E-state index is -0.625. The summed E-state index contributed by atoms with van der Waals surface area (Å²) in [6, 6.07) is 14.5. The molecule has 0 heterocycles. The van der Waals surface area contributed by atoms with Crippen LogP contribution in [0.1, 0.15) is 18.1 Å². The van der Waals surface area contributed by atoms with Gasteiger partial charge in [0.25, 0.3) is 0 Å². The lowest BCUT2D eigenvalue weighted by atomic mass is 10.2. The average Bonchev–Trinajstić information content (AvgIpc) is 2.55. The van der Waals surface area contributed by atoms with Crippen LogP contribution >= 0.6 is 0 Å². The van der Waals surface area contributed by atoms with Crippen molar-refractivity contribution >= 4 is 5.96 Å². The fraction of sp³-hybridized carbons (Fsp3) is 0.278. The van der Waals surface area contributed by atoms with Crippen LogP contribution in [0, 0.1) is 5.82 Å². The minimum absolute atomic E-state index is 0.342. The molecule has 0 aliphatic carbocycles. The van der Waals surface area contributed by atoms with Gasteiger partial charge >= 0.3 is 0 Å². The van der Waals surface area contributed by atoms with Crippen molar-refractivity contribution in [3.8, 4) is 5.75 Å². The molecular formula is C18H22FN3O. The third-order valence-corrected chi connectivity index (χ3v) is 3.38. The Balaban J connectivity index is 2.08. The Kier molecular flexibility index (Phi) is 5.97. The molecular weight excluding hydrogens is 293 g/mol. The fourth-order valence-electron chi connectivity index (χ4n) is 2.22. The number of aromatic hydroxyl groups is 1. The van der Waals surface area contributed by atoms with E-state index < -0.39 is 5.82 Å². The first-order valence-corrected chi connectivity index (χ1v) is 7.61. The maximum Gasteiger partial charge on any atom is 0.194 e. The lowest BCUT2D eigenvalue weighted by Crippen LogP contribution is -2.38. The molecule has 23 heavy (non-hydrogen) atoms. The molecule has 0 saturated carbocycles. The number of nitrogens with zero attached hydrogens (tertiary/aromatic N) is 2. The highest BCUT2D eigenvalue weighted by Gasteiger charge is 2.07. The number of phenols is 1. The molecule has 4 nitrogen and oxygen atoms in total. The number of phenolic OH excluding ortho intramolecular Hbond substituents is 1. The Hall–Kier alpha value is -2.56. The fourth-order valence-corrected chi connectivity index (χ4v) is 2.22. The van der Waals surface area contributed by atoms with Gasteiger partial charge in [0, 0.05) is 20.1 Å². The van der Waals surface area contributed by atoms with E-state index in [1.165, 1.54) is 17.7 Å². The van der Waals surface area contributed by atoms with Crippen LogP contribution < -0.4 is 5.32 Å². The number of hydrogen-bond acceptors (Lipinski definition) is 2. The smallest absolute Gasteiger partial charge is 0.194 e. The van der Waals surface area contributed by atoms with E-state index >= 15 is 0 Å². The highest BCUT2D eigenvalue weighted by molar-refractivity contribution is 5.79. The molecule has 0 aliphatic heterocycles. The van der Waals surface area contributed by atoms with Crippen molar-refractivity contribution in [2.75, 3.05) is 13.6 Å². The number of halogens is 1. The van der Waals surface area contributed by atoms with E-state index in [0.717, 1.165) is 19.0 Å². The Bertz CT molecular complexity index is 659. The highest BCUT2D eigenvalue weighted by Crippen LogP contribution is 2.16. The van der Waals surface area contributed by atoms with E-state index in [0.29, 0.717) is 12.1 Å². The van der Waals surface area contributed by atoms with Crippen molar-refractivity contribution in [1.29, 1.82) is 0 Å². The molecule has 0 bridgehead atoms. The summed E-state index contributed by atoms with van der Waals surface area (Å²) in [5.41, 5.74) is 1.90. The third-order valence-electron chi connectivity index (χ3n) is 3.38. The molecule has 0 amide bonds. The van der Waals surface area contributed by atoms with Gasteiger partial charge in [-0.3, -0.25) is 0 Å². The number of nitrogens with one attached hydrogen (secondary N) is 1. The Morgan fingerprint density at radius 1 is 1.17 bits per heavy atom. The molecule has 0 saturated heterocycles. The molecule has 5 heteroatoms. The quantitative estimate of drug-likeness (QED) is 0.658. The van der Waals surface area contributed by atoms with Crippen LogP contribution in [0.3, 0.4) is 0 Å². The molecule has 122 valence electrons. The molecule has 2 aromatic rings. The van der Waals surface area contributed by atoms with Crippen LogP contribution in [0.4, 0.5) is 4.39 Å². The van der Waals surface area contributed by atoms with E-state index in [4.69, 9.17) is 0 Å². The second-order valence-corrected chi connectivity index (χ2v) is 5.30. The van der Waals surface area contributed by atoms with Crippen molar-refractivity contribution < 1.29 is 9.50 Å². The number of rotatable bonds is 5. The topological polar surface area (TPSA) is 47.9 Å². The van der Waals surface area contributed by atoms with Gasteiger partial charge in [-0.05, 0) is 30.2 Å². The summed E-state index contributed by atoms with van der Waals surface area (Å²) < 4.78 is 13.4. The number of aliphatic imine (C=N–C) groups is 1. The zero-order chi connectivity index (χ0) is 16.7. The lowest BCUT2D eigenvalue weighted by Gasteiger charge is -2.22. The third kappa shape index (κ3) is 4.98. The zero-order valence-electron chi connectivity index (χ0n) is 13.5. The van der Waals surface area contributed by atoms with Crippen molar-refractivity contribution in [3.63, 3.8) is 0 Å². The van der Waals surface area contributed by atoms with Gasteiger partial charge in [0.1, 0.15) is 0 Å². The summed E-state index contributed by atoms with van der Waals surface area (Å²) in [5.74, 6) is -0.212. The summed E-state index contributed by atoms with van der Waals surface area (Å²) in [6.45, 7) is 3.84. The maximum atomic E-state index is 13.4. The number of benzene rings is 2. The van der Waals surface area contributed by atoms with Crippen molar-refractivity contribution in [3.05, 3.63) is 65.5 Å². The van der Waals surface area contributed by atoms with Crippen LogP contribution in [0.25, 0.3) is 0 Å². The first-order chi connectivity index (χ1) is 11.1. The first-order valence-electron chi connectivity index (χ1n) is 7.61. The Labute approximate surface area is 136 Å². The maximum absolute atomic E-state index is 13.4. The molecule has 0 aliphatic rings. The van der Waals surface area contributed by atoms with Crippen LogP contribution in [-0.2, 0) is 13.1 Å². The Morgan fingerprint density at radius 3 is 2.57 bits per heavy atom. The molecule has 0 unspecified atom stereocenters. The van der Waals surface area contributed by atoms with Gasteiger partial charge in [-0.1, -0.05) is 36.4 Å². The summed E-state index contributed by atoms with van der Waals surface area (Å²) >= 11 is 0. The van der Waals surface area contributed by atoms with Gasteiger partial charge in [-0.15, -0.1) is 0 Å². The molecule has 0 spiro atoms. The first kappa shape index (κ1) is 16.8. The summed E-state index contributed by atoms with van der Waals surface area (Å²) in [4.78, 5) is 6.56. The summed E-state index contributed by atoms with van der Waals surface area (Å²) in [6.07, 6.45) is 0. The predicted molar refractivity (Wildman–Crippen MR) is 90.8 cm³/mol. The zero-order valence-corrected chi connectivity index (χ0v) is 13.5. The number of guanidine groups is 1. The standard InChI is InChI=1S/C18H22FN3O/c1-3-20-18(22(2)13-14-7-5-4-6-8-14)21-12-15-9-10-17(23)16(19)11-15/h4-11,23H,3,12-13H2,1-2H3,(H,20,21). The summed E-state index contributed by atoms with van der Waals surface area (Å²) in [7, 11) is 1.96. The number of hydrogen-bond donors (Lipinski definition) is 2. The van der Waals surface area contributed by atoms with Gasteiger partial charge in [0.15, 0.2) is 17.5 Å².